The summed E-state index contributed by atoms with van der Waals surface area (Å²) in [5.74, 6) is -0.738. The topological polar surface area (TPSA) is 46.9 Å². The summed E-state index contributed by atoms with van der Waals surface area (Å²) in [5, 5.41) is 7.49. The number of carbonyl (C=O) groups is 1. The molecule has 1 heterocycles. The predicted octanol–water partition coefficient (Wildman–Crippen LogP) is 4.79. The first-order valence-corrected chi connectivity index (χ1v) is 7.76. The van der Waals surface area contributed by atoms with Gasteiger partial charge in [-0.15, -0.1) is 0 Å². The monoisotopic (exact) mass is 363 g/mol. The van der Waals surface area contributed by atoms with Crippen molar-refractivity contribution in [3.8, 4) is 11.3 Å². The molecule has 1 N–H and O–H groups in total. The van der Waals surface area contributed by atoms with E-state index in [1.54, 1.807) is 48.1 Å². The van der Waals surface area contributed by atoms with E-state index >= 15 is 0 Å². The van der Waals surface area contributed by atoms with Crippen molar-refractivity contribution in [3.63, 3.8) is 0 Å². The number of benzene rings is 2. The molecule has 1 aromatic heterocycles. The molecular weight excluding hydrogens is 352 g/mol. The SMILES string of the molecule is Cn1nc(C(=O)Nc2cccc(Cl)c2Cl)cc1-c1ccc(F)cc1. The van der Waals surface area contributed by atoms with Crippen LogP contribution in [0.5, 0.6) is 0 Å². The lowest BCUT2D eigenvalue weighted by molar-refractivity contribution is 0.102. The first kappa shape index (κ1) is 16.5. The van der Waals surface area contributed by atoms with Crippen molar-refractivity contribution >= 4 is 34.8 Å². The highest BCUT2D eigenvalue weighted by Crippen LogP contribution is 2.30. The van der Waals surface area contributed by atoms with Crippen molar-refractivity contribution < 1.29 is 9.18 Å². The van der Waals surface area contributed by atoms with Gasteiger partial charge < -0.3 is 5.32 Å². The predicted molar refractivity (Wildman–Crippen MR) is 93.0 cm³/mol. The van der Waals surface area contributed by atoms with E-state index in [1.807, 2.05) is 0 Å². The molecule has 3 rings (SSSR count). The summed E-state index contributed by atoms with van der Waals surface area (Å²) in [7, 11) is 1.71. The van der Waals surface area contributed by atoms with E-state index in [2.05, 4.69) is 10.4 Å². The zero-order valence-electron chi connectivity index (χ0n) is 12.6. The summed E-state index contributed by atoms with van der Waals surface area (Å²) in [6, 6.07) is 12.6. The van der Waals surface area contributed by atoms with Crippen molar-refractivity contribution in [3.05, 3.63) is 70.1 Å². The van der Waals surface area contributed by atoms with Crippen molar-refractivity contribution in [1.29, 1.82) is 0 Å². The number of amides is 1. The van der Waals surface area contributed by atoms with Crippen LogP contribution in [-0.4, -0.2) is 15.7 Å². The molecule has 122 valence electrons. The number of carbonyl (C=O) groups excluding carboxylic acids is 1. The van der Waals surface area contributed by atoms with Gasteiger partial charge in [-0.05, 0) is 48.0 Å². The number of aryl methyl sites for hydroxylation is 1. The normalized spacial score (nSPS) is 10.7. The molecule has 0 unspecified atom stereocenters. The van der Waals surface area contributed by atoms with Gasteiger partial charge in [0.2, 0.25) is 0 Å². The van der Waals surface area contributed by atoms with Crippen LogP contribution in [0.3, 0.4) is 0 Å². The smallest absolute Gasteiger partial charge is 0.276 e. The van der Waals surface area contributed by atoms with E-state index in [0.29, 0.717) is 16.4 Å². The lowest BCUT2D eigenvalue weighted by atomic mass is 10.1. The van der Waals surface area contributed by atoms with Gasteiger partial charge in [-0.3, -0.25) is 9.48 Å². The molecule has 0 saturated heterocycles. The summed E-state index contributed by atoms with van der Waals surface area (Å²) in [6.45, 7) is 0. The third-order valence-electron chi connectivity index (χ3n) is 3.45. The number of aromatic nitrogens is 2. The van der Waals surface area contributed by atoms with E-state index < -0.39 is 5.91 Å². The largest absolute Gasteiger partial charge is 0.319 e. The molecule has 0 radical (unpaired) electrons. The van der Waals surface area contributed by atoms with Gasteiger partial charge in [0.25, 0.3) is 5.91 Å². The van der Waals surface area contributed by atoms with E-state index in [-0.39, 0.29) is 16.5 Å². The number of hydrogen-bond donors (Lipinski definition) is 1. The molecule has 7 heteroatoms. The number of anilines is 1. The molecule has 0 atom stereocenters. The zero-order chi connectivity index (χ0) is 17.3. The molecule has 0 bridgehead atoms. The van der Waals surface area contributed by atoms with Gasteiger partial charge in [-0.2, -0.15) is 5.10 Å². The average molecular weight is 364 g/mol. The summed E-state index contributed by atoms with van der Waals surface area (Å²) in [4.78, 5) is 12.4. The van der Waals surface area contributed by atoms with Gasteiger partial charge in [-0.25, -0.2) is 4.39 Å². The van der Waals surface area contributed by atoms with Crippen LogP contribution in [0.2, 0.25) is 10.0 Å². The molecule has 0 saturated carbocycles. The molecule has 0 aliphatic carbocycles. The van der Waals surface area contributed by atoms with E-state index in [0.717, 1.165) is 5.56 Å². The van der Waals surface area contributed by atoms with Crippen LogP contribution in [0.25, 0.3) is 11.3 Å². The number of halogens is 3. The van der Waals surface area contributed by atoms with Crippen LogP contribution in [0.1, 0.15) is 10.5 Å². The van der Waals surface area contributed by atoms with Gasteiger partial charge >= 0.3 is 0 Å². The molecule has 4 nitrogen and oxygen atoms in total. The van der Waals surface area contributed by atoms with Gasteiger partial charge in [0.05, 0.1) is 21.4 Å². The Balaban J connectivity index is 1.87. The lowest BCUT2D eigenvalue weighted by Gasteiger charge is -2.06. The third-order valence-corrected chi connectivity index (χ3v) is 4.27. The lowest BCUT2D eigenvalue weighted by Crippen LogP contribution is -2.13. The Bertz CT molecular complexity index is 907. The fraction of sp³-hybridized carbons (Fsp3) is 0.0588. The Morgan fingerprint density at radius 3 is 2.58 bits per heavy atom. The standard InChI is InChI=1S/C17H12Cl2FN3O/c1-23-15(10-5-7-11(20)8-6-10)9-14(22-23)17(24)21-13-4-2-3-12(18)16(13)19/h2-9H,1H3,(H,21,24). The number of nitrogens with zero attached hydrogens (tertiary/aromatic N) is 2. The summed E-state index contributed by atoms with van der Waals surface area (Å²) in [6.07, 6.45) is 0. The summed E-state index contributed by atoms with van der Waals surface area (Å²) < 4.78 is 14.6. The molecule has 0 fully saturated rings. The highest BCUT2D eigenvalue weighted by molar-refractivity contribution is 6.44. The van der Waals surface area contributed by atoms with Crippen LogP contribution in [0.4, 0.5) is 10.1 Å². The zero-order valence-corrected chi connectivity index (χ0v) is 14.1. The minimum atomic E-state index is -0.414. The van der Waals surface area contributed by atoms with E-state index in [4.69, 9.17) is 23.2 Å². The molecule has 1 amide bonds. The van der Waals surface area contributed by atoms with Crippen LogP contribution < -0.4 is 5.32 Å². The number of rotatable bonds is 3. The van der Waals surface area contributed by atoms with E-state index in [1.165, 1.54) is 12.1 Å². The second-order valence-electron chi connectivity index (χ2n) is 5.10. The molecule has 0 spiro atoms. The van der Waals surface area contributed by atoms with Crippen molar-refractivity contribution in [2.24, 2.45) is 7.05 Å². The maximum Gasteiger partial charge on any atom is 0.276 e. The molecule has 24 heavy (non-hydrogen) atoms. The van der Waals surface area contributed by atoms with Crippen molar-refractivity contribution in [1.82, 2.24) is 9.78 Å². The minimum Gasteiger partial charge on any atom is -0.319 e. The van der Waals surface area contributed by atoms with Crippen molar-refractivity contribution in [2.75, 3.05) is 5.32 Å². The highest BCUT2D eigenvalue weighted by atomic mass is 35.5. The second-order valence-corrected chi connectivity index (χ2v) is 5.89. The number of hydrogen-bond acceptors (Lipinski definition) is 2. The quantitative estimate of drug-likeness (QED) is 0.727. The van der Waals surface area contributed by atoms with Crippen LogP contribution in [0, 0.1) is 5.82 Å². The minimum absolute atomic E-state index is 0.216. The molecular formula is C17H12Cl2FN3O. The van der Waals surface area contributed by atoms with Crippen molar-refractivity contribution in [2.45, 2.75) is 0 Å². The fourth-order valence-corrected chi connectivity index (χ4v) is 2.60. The maximum atomic E-state index is 13.0. The fourth-order valence-electron chi connectivity index (χ4n) is 2.26. The molecule has 2 aromatic carbocycles. The number of nitrogens with one attached hydrogen (secondary N) is 1. The Hall–Kier alpha value is -2.37. The van der Waals surface area contributed by atoms with Crippen LogP contribution in [0.15, 0.2) is 48.5 Å². The first-order chi connectivity index (χ1) is 11.5. The van der Waals surface area contributed by atoms with Gasteiger partial charge in [-0.1, -0.05) is 29.3 Å². The molecule has 3 aromatic rings. The highest BCUT2D eigenvalue weighted by Gasteiger charge is 2.16. The Morgan fingerprint density at radius 2 is 1.88 bits per heavy atom. The Kier molecular flexibility index (Phi) is 4.55. The summed E-state index contributed by atoms with van der Waals surface area (Å²) >= 11 is 12.0. The van der Waals surface area contributed by atoms with Crippen LogP contribution >= 0.6 is 23.2 Å². The Labute approximate surface area is 147 Å². The molecule has 0 aliphatic heterocycles. The average Bonchev–Trinajstić information content (AvgIpc) is 2.94. The maximum absolute atomic E-state index is 13.0. The van der Waals surface area contributed by atoms with Crippen LogP contribution in [-0.2, 0) is 7.05 Å². The van der Waals surface area contributed by atoms with Gasteiger partial charge in [0.15, 0.2) is 5.69 Å². The molecule has 0 aliphatic rings. The van der Waals surface area contributed by atoms with E-state index in [9.17, 15) is 9.18 Å². The first-order valence-electron chi connectivity index (χ1n) is 7.01. The Morgan fingerprint density at radius 1 is 1.17 bits per heavy atom. The second kappa shape index (κ2) is 6.63. The van der Waals surface area contributed by atoms with Gasteiger partial charge in [0.1, 0.15) is 5.82 Å². The van der Waals surface area contributed by atoms with Gasteiger partial charge in [0, 0.05) is 7.05 Å². The summed E-state index contributed by atoms with van der Waals surface area (Å²) in [5.41, 5.74) is 2.07. The third kappa shape index (κ3) is 3.27.